The maximum atomic E-state index is 11.1. The summed E-state index contributed by atoms with van der Waals surface area (Å²) in [6.45, 7) is -0.559. The molecule has 0 unspecified atom stereocenters. The number of hydrogen-bond acceptors (Lipinski definition) is 4. The molecule has 8 heteroatoms. The monoisotopic (exact) mass is 278 g/mol. The number of nitrogens with zero attached hydrogens (tertiary/aromatic N) is 1. The van der Waals surface area contributed by atoms with Crippen molar-refractivity contribution < 1.29 is 13.3 Å². The van der Waals surface area contributed by atoms with Gasteiger partial charge in [0, 0.05) is 9.95 Å². The zero-order valence-electron chi connectivity index (χ0n) is 8.96. The molecule has 0 aliphatic rings. The summed E-state index contributed by atoms with van der Waals surface area (Å²) in [6.07, 6.45) is 0.941. The van der Waals surface area contributed by atoms with Gasteiger partial charge in [0.05, 0.1) is 6.26 Å². The van der Waals surface area contributed by atoms with Crippen LogP contribution in [0, 0.1) is 10.1 Å². The molecule has 6 nitrogen and oxygen atoms in total. The van der Waals surface area contributed by atoms with Gasteiger partial charge in [0.15, 0.2) is 0 Å². The molecule has 0 saturated carbocycles. The quantitative estimate of drug-likeness (QED) is 0.647. The van der Waals surface area contributed by atoms with Gasteiger partial charge in [-0.1, -0.05) is 29.8 Å². The molecule has 0 bridgehead atoms. The molecule has 0 aromatic heterocycles. The third-order valence-electron chi connectivity index (χ3n) is 1.97. The van der Waals surface area contributed by atoms with Gasteiger partial charge >= 0.3 is 0 Å². The molecule has 17 heavy (non-hydrogen) atoms. The Hall–Kier alpha value is -1.18. The highest BCUT2D eigenvalue weighted by molar-refractivity contribution is 7.88. The predicted molar refractivity (Wildman–Crippen MR) is 64.0 cm³/mol. The zero-order valence-corrected chi connectivity index (χ0v) is 10.5. The van der Waals surface area contributed by atoms with Crippen LogP contribution in [0.15, 0.2) is 24.3 Å². The molecule has 0 aliphatic carbocycles. The Morgan fingerprint density at radius 3 is 2.53 bits per heavy atom. The molecule has 0 amide bonds. The van der Waals surface area contributed by atoms with Gasteiger partial charge in [0.1, 0.15) is 6.04 Å². The standard InChI is InChI=1S/C9H11ClN2O4S/c1-17(15,16)11-9(6-12(13)14)7-4-2-3-5-8(7)10/h2-5,9,11H,6H2,1H3/t9-/m0/s1. The number of sulfonamides is 1. The number of nitrogens with one attached hydrogen (secondary N) is 1. The van der Waals surface area contributed by atoms with E-state index in [2.05, 4.69) is 4.72 Å². The summed E-state index contributed by atoms with van der Waals surface area (Å²) in [5.41, 5.74) is 0.385. The average molecular weight is 279 g/mol. The highest BCUT2D eigenvalue weighted by Gasteiger charge is 2.23. The van der Waals surface area contributed by atoms with E-state index in [-0.39, 0.29) is 5.02 Å². The Morgan fingerprint density at radius 1 is 1.47 bits per heavy atom. The van der Waals surface area contributed by atoms with Gasteiger partial charge in [0.2, 0.25) is 16.6 Å². The van der Waals surface area contributed by atoms with Gasteiger partial charge in [-0.05, 0) is 11.6 Å². The van der Waals surface area contributed by atoms with Crippen LogP contribution in [-0.2, 0) is 10.0 Å². The third-order valence-corrected chi connectivity index (χ3v) is 3.03. The molecule has 1 N–H and O–H groups in total. The van der Waals surface area contributed by atoms with E-state index >= 15 is 0 Å². The Morgan fingerprint density at radius 2 is 2.06 bits per heavy atom. The molecule has 1 rings (SSSR count). The number of hydrogen-bond donors (Lipinski definition) is 1. The molecule has 1 atom stereocenters. The van der Waals surface area contributed by atoms with Crippen LogP contribution in [0.2, 0.25) is 5.02 Å². The minimum absolute atomic E-state index is 0.288. The fraction of sp³-hybridized carbons (Fsp3) is 0.333. The van der Waals surface area contributed by atoms with Crippen molar-refractivity contribution in [2.45, 2.75) is 6.04 Å². The fourth-order valence-corrected chi connectivity index (χ4v) is 2.35. The summed E-state index contributed by atoms with van der Waals surface area (Å²) in [4.78, 5) is 9.92. The molecule has 1 aromatic carbocycles. The molecule has 0 heterocycles. The number of benzene rings is 1. The van der Waals surface area contributed by atoms with Crippen molar-refractivity contribution in [3.05, 3.63) is 45.0 Å². The van der Waals surface area contributed by atoms with E-state index in [4.69, 9.17) is 11.6 Å². The number of nitro groups is 1. The van der Waals surface area contributed by atoms with Gasteiger partial charge in [-0.3, -0.25) is 10.1 Å². The minimum atomic E-state index is -3.55. The summed E-state index contributed by atoms with van der Waals surface area (Å²) in [6, 6.07) is 5.43. The van der Waals surface area contributed by atoms with E-state index in [0.717, 1.165) is 6.26 Å². The second-order valence-corrected chi connectivity index (χ2v) is 5.67. The van der Waals surface area contributed by atoms with Crippen LogP contribution in [0.3, 0.4) is 0 Å². The predicted octanol–water partition coefficient (Wildman–Crippen LogP) is 1.21. The maximum Gasteiger partial charge on any atom is 0.224 e. The zero-order chi connectivity index (χ0) is 13.1. The Kier molecular flexibility index (Phi) is 4.44. The van der Waals surface area contributed by atoms with Crippen molar-refractivity contribution in [1.29, 1.82) is 0 Å². The SMILES string of the molecule is CS(=O)(=O)N[C@@H](C[N+](=O)[O-])c1ccccc1Cl. The smallest absolute Gasteiger partial charge is 0.224 e. The summed E-state index contributed by atoms with van der Waals surface area (Å²) in [7, 11) is -3.55. The summed E-state index contributed by atoms with van der Waals surface area (Å²) in [5.74, 6) is 0. The highest BCUT2D eigenvalue weighted by Crippen LogP contribution is 2.23. The van der Waals surface area contributed by atoms with Gasteiger partial charge in [-0.25, -0.2) is 13.1 Å². The van der Waals surface area contributed by atoms with Crippen LogP contribution in [0.25, 0.3) is 0 Å². The van der Waals surface area contributed by atoms with Crippen molar-refractivity contribution in [1.82, 2.24) is 4.72 Å². The lowest BCUT2D eigenvalue weighted by atomic mass is 10.1. The molecule has 94 valence electrons. The van der Waals surface area contributed by atoms with E-state index in [0.29, 0.717) is 5.56 Å². The average Bonchev–Trinajstić information content (AvgIpc) is 2.14. The van der Waals surface area contributed by atoms with E-state index in [9.17, 15) is 18.5 Å². The van der Waals surface area contributed by atoms with Crippen molar-refractivity contribution >= 4 is 21.6 Å². The summed E-state index contributed by atoms with van der Waals surface area (Å²) in [5, 5.41) is 10.8. The van der Waals surface area contributed by atoms with Crippen LogP contribution in [0.1, 0.15) is 11.6 Å². The maximum absolute atomic E-state index is 11.1. The first-order chi connectivity index (χ1) is 7.79. The topological polar surface area (TPSA) is 89.3 Å². The summed E-state index contributed by atoms with van der Waals surface area (Å²) < 4.78 is 24.5. The Labute approximate surface area is 104 Å². The fourth-order valence-electron chi connectivity index (χ4n) is 1.36. The third kappa shape index (κ3) is 4.68. The summed E-state index contributed by atoms with van der Waals surface area (Å²) >= 11 is 5.87. The van der Waals surface area contributed by atoms with Crippen LogP contribution in [-0.4, -0.2) is 26.1 Å². The molecule has 0 aliphatic heterocycles. The minimum Gasteiger partial charge on any atom is -0.264 e. The van der Waals surface area contributed by atoms with Crippen LogP contribution in [0.4, 0.5) is 0 Å². The first-order valence-electron chi connectivity index (χ1n) is 4.63. The largest absolute Gasteiger partial charge is 0.264 e. The number of rotatable bonds is 5. The molecule has 0 radical (unpaired) electrons. The lowest BCUT2D eigenvalue weighted by Gasteiger charge is -2.15. The van der Waals surface area contributed by atoms with Crippen LogP contribution < -0.4 is 4.72 Å². The highest BCUT2D eigenvalue weighted by atomic mass is 35.5. The van der Waals surface area contributed by atoms with E-state index in [1.807, 2.05) is 0 Å². The van der Waals surface area contributed by atoms with Crippen molar-refractivity contribution in [3.8, 4) is 0 Å². The molecule has 0 saturated heterocycles. The normalized spacial score (nSPS) is 13.3. The van der Waals surface area contributed by atoms with Gasteiger partial charge in [-0.2, -0.15) is 0 Å². The van der Waals surface area contributed by atoms with Gasteiger partial charge in [0.25, 0.3) is 0 Å². The Bertz CT molecular complexity index is 517. The van der Waals surface area contributed by atoms with E-state index < -0.39 is 27.5 Å². The molecule has 0 fully saturated rings. The van der Waals surface area contributed by atoms with Crippen molar-refractivity contribution in [3.63, 3.8) is 0 Å². The second kappa shape index (κ2) is 5.44. The lowest BCUT2D eigenvalue weighted by Crippen LogP contribution is -2.32. The van der Waals surface area contributed by atoms with E-state index in [1.165, 1.54) is 0 Å². The van der Waals surface area contributed by atoms with Gasteiger partial charge < -0.3 is 0 Å². The molecule has 1 aromatic rings. The first kappa shape index (κ1) is 13.9. The number of halogens is 1. The lowest BCUT2D eigenvalue weighted by molar-refractivity contribution is -0.483. The van der Waals surface area contributed by atoms with E-state index in [1.54, 1.807) is 24.3 Å². The first-order valence-corrected chi connectivity index (χ1v) is 6.90. The van der Waals surface area contributed by atoms with Crippen molar-refractivity contribution in [2.75, 3.05) is 12.8 Å². The Balaban J connectivity index is 3.06. The van der Waals surface area contributed by atoms with Crippen LogP contribution in [0.5, 0.6) is 0 Å². The molecule has 0 spiro atoms. The van der Waals surface area contributed by atoms with Gasteiger partial charge in [-0.15, -0.1) is 0 Å². The second-order valence-electron chi connectivity index (χ2n) is 3.48. The molecular weight excluding hydrogens is 268 g/mol. The van der Waals surface area contributed by atoms with Crippen LogP contribution >= 0.6 is 11.6 Å². The molecular formula is C9H11ClN2O4S. The van der Waals surface area contributed by atoms with Crippen molar-refractivity contribution in [2.24, 2.45) is 0 Å².